The molecule has 46 heavy (non-hydrogen) atoms. The average Bonchev–Trinajstić information content (AvgIpc) is 3.60. The molecule has 5 saturated carbocycles. The van der Waals surface area contributed by atoms with Crippen molar-refractivity contribution >= 4 is 17.9 Å². The zero-order valence-corrected chi connectivity index (χ0v) is 26.8. The molecular formula is C34H43NO11. The zero-order valence-electron chi connectivity index (χ0n) is 26.8. The first kappa shape index (κ1) is 30.7. The number of benzene rings is 1. The van der Waals surface area contributed by atoms with E-state index >= 15 is 0 Å². The van der Waals surface area contributed by atoms with Gasteiger partial charge in [-0.1, -0.05) is 25.1 Å². The molecular weight excluding hydrogens is 598 g/mol. The molecule has 7 aliphatic rings. The Labute approximate surface area is 267 Å². The zero-order chi connectivity index (χ0) is 32.6. The second kappa shape index (κ2) is 9.96. The molecule has 1 unspecified atom stereocenters. The monoisotopic (exact) mass is 641 g/mol. The molecule has 0 amide bonds. The highest BCUT2D eigenvalue weighted by Crippen LogP contribution is 2.82. The van der Waals surface area contributed by atoms with Crippen molar-refractivity contribution in [1.29, 1.82) is 0 Å². The lowest BCUT2D eigenvalue weighted by Gasteiger charge is -2.70. The Bertz CT molecular complexity index is 1460. The van der Waals surface area contributed by atoms with Gasteiger partial charge < -0.3 is 38.6 Å². The number of nitrogens with zero attached hydrogens (tertiary/aromatic N) is 1. The number of carbonyl (C=O) groups excluding carboxylic acids is 3. The number of piperidine rings is 1. The van der Waals surface area contributed by atoms with Crippen LogP contribution in [0.4, 0.5) is 0 Å². The number of methoxy groups -OCH3 is 2. The van der Waals surface area contributed by atoms with Gasteiger partial charge in [0.1, 0.15) is 30.0 Å². The van der Waals surface area contributed by atoms with Crippen LogP contribution < -0.4 is 0 Å². The van der Waals surface area contributed by atoms with Gasteiger partial charge in [-0.25, -0.2) is 4.79 Å². The van der Waals surface area contributed by atoms with Crippen LogP contribution in [0.15, 0.2) is 30.3 Å². The lowest BCUT2D eigenvalue weighted by molar-refractivity contribution is -0.326. The minimum atomic E-state index is -1.81. The van der Waals surface area contributed by atoms with Crippen LogP contribution in [-0.4, -0.2) is 121 Å². The molecule has 15 atom stereocenters. The molecule has 0 radical (unpaired) electrons. The van der Waals surface area contributed by atoms with Crippen LogP contribution in [0.3, 0.4) is 0 Å². The number of aliphatic hydroxyl groups is 2. The topological polar surface area (TPSA) is 150 Å². The van der Waals surface area contributed by atoms with Crippen molar-refractivity contribution in [2.24, 2.45) is 34.5 Å². The third kappa shape index (κ3) is 3.33. The fourth-order valence-electron chi connectivity index (χ4n) is 12.6. The van der Waals surface area contributed by atoms with Gasteiger partial charge in [-0.15, -0.1) is 0 Å². The van der Waals surface area contributed by atoms with E-state index in [1.54, 1.807) is 37.4 Å². The number of hydrogen-bond donors (Lipinski definition) is 2. The maximum absolute atomic E-state index is 13.7. The minimum absolute atomic E-state index is 0.112. The van der Waals surface area contributed by atoms with Crippen LogP contribution in [0.2, 0.25) is 0 Å². The Kier molecular flexibility index (Phi) is 6.65. The average molecular weight is 642 g/mol. The molecule has 1 spiro atoms. The van der Waals surface area contributed by atoms with Crippen LogP contribution in [0, 0.1) is 34.5 Å². The maximum atomic E-state index is 13.7. The smallest absolute Gasteiger partial charge is 0.338 e. The predicted molar refractivity (Wildman–Crippen MR) is 157 cm³/mol. The highest BCUT2D eigenvalue weighted by atomic mass is 16.6. The van der Waals surface area contributed by atoms with E-state index in [0.717, 1.165) is 0 Å². The Balaban J connectivity index is 1.38. The maximum Gasteiger partial charge on any atom is 0.338 e. The molecule has 2 heterocycles. The summed E-state index contributed by atoms with van der Waals surface area (Å²) in [7, 11) is 3.06. The van der Waals surface area contributed by atoms with Crippen molar-refractivity contribution in [3.63, 3.8) is 0 Å². The Morgan fingerprint density at radius 2 is 1.74 bits per heavy atom. The number of likely N-dealkylation sites (tertiary alicyclic amines) is 1. The van der Waals surface area contributed by atoms with Gasteiger partial charge in [-0.05, 0) is 31.0 Å². The molecule has 1 aromatic carbocycles. The molecule has 12 heteroatoms. The molecule has 2 N–H and O–H groups in total. The summed E-state index contributed by atoms with van der Waals surface area (Å²) in [6, 6.07) is 8.26. The molecule has 1 aromatic rings. The number of rotatable bonds is 7. The SMILES string of the molecule is CCN1C[C@]23CO[C@H]4[C@H]5C1[C@]([C@@H](OC)C[C@H]2OC(C)=O)([C@@H]1C[C@@]2(O)[C@H](OC(=O)c6ccccc6)[C@@H]1[C@]5(OC(C)=O)[C@@H](O)[C@@H]2OC)[C@H]43. The quantitative estimate of drug-likeness (QED) is 0.323. The van der Waals surface area contributed by atoms with Crippen LogP contribution in [0.5, 0.6) is 0 Å². The van der Waals surface area contributed by atoms with Gasteiger partial charge in [-0.2, -0.15) is 0 Å². The summed E-state index contributed by atoms with van der Waals surface area (Å²) in [5.41, 5.74) is -4.40. The van der Waals surface area contributed by atoms with E-state index in [1.807, 2.05) is 0 Å². The molecule has 0 aromatic heterocycles. The lowest BCUT2D eigenvalue weighted by Crippen LogP contribution is -2.82. The van der Waals surface area contributed by atoms with Crippen LogP contribution in [0.25, 0.3) is 0 Å². The fraction of sp³-hybridized carbons (Fsp3) is 0.735. The van der Waals surface area contributed by atoms with E-state index in [1.165, 1.54) is 21.0 Å². The summed E-state index contributed by atoms with van der Waals surface area (Å²) in [4.78, 5) is 41.8. The van der Waals surface area contributed by atoms with E-state index in [-0.39, 0.29) is 24.3 Å². The first-order valence-electron chi connectivity index (χ1n) is 16.4. The van der Waals surface area contributed by atoms with Crippen molar-refractivity contribution < 1.29 is 53.0 Å². The summed E-state index contributed by atoms with van der Waals surface area (Å²) >= 11 is 0. The summed E-state index contributed by atoms with van der Waals surface area (Å²) in [5.74, 6) is -3.66. The minimum Gasteiger partial charge on any atom is -0.462 e. The summed E-state index contributed by atoms with van der Waals surface area (Å²) in [6.45, 7) is 6.36. The normalized spacial score (nSPS) is 50.6. The second-order valence-corrected chi connectivity index (χ2v) is 14.6. The van der Waals surface area contributed by atoms with E-state index < -0.39 is 88.3 Å². The molecule has 250 valence electrons. The number of esters is 3. The highest BCUT2D eigenvalue weighted by molar-refractivity contribution is 5.89. The van der Waals surface area contributed by atoms with E-state index in [2.05, 4.69) is 11.8 Å². The van der Waals surface area contributed by atoms with Crippen molar-refractivity contribution in [3.05, 3.63) is 35.9 Å². The number of hydrogen-bond acceptors (Lipinski definition) is 12. The second-order valence-electron chi connectivity index (χ2n) is 14.6. The van der Waals surface area contributed by atoms with Crippen LogP contribution in [0.1, 0.15) is 44.0 Å². The largest absolute Gasteiger partial charge is 0.462 e. The predicted octanol–water partition coefficient (Wildman–Crippen LogP) is 0.956. The molecule has 2 saturated heterocycles. The standard InChI is InChI=1S/C34H43NO11/c1-6-35-14-31-15-43-24-23-26(35)33(25(24)31,21(41-4)12-20(31)44-16(2)36)19-13-32(40)28(45-30(39)18-10-8-7-9-11-18)22(19)34(23,46-17(3)37)27(38)29(32)42-5/h7-11,19-29,38,40H,6,12-15H2,1-5H3/t19-,20-,21+,22-,23+,24+,25-,26?,27+,28-,29+,31+,32-,33+,34-/m1/s1. The van der Waals surface area contributed by atoms with Crippen LogP contribution >= 0.6 is 0 Å². The molecule has 8 rings (SSSR count). The molecule has 7 bridgehead atoms. The van der Waals surface area contributed by atoms with Gasteiger partial charge in [0.15, 0.2) is 5.60 Å². The number of fused-ring (bicyclic) bond motifs is 3. The van der Waals surface area contributed by atoms with E-state index in [4.69, 9.17) is 28.4 Å². The number of ether oxygens (including phenoxy) is 6. The Hall–Kier alpha value is -2.61. The summed E-state index contributed by atoms with van der Waals surface area (Å²) in [5, 5.41) is 25.2. The number of aliphatic hydroxyl groups excluding tert-OH is 1. The number of carbonyl (C=O) groups is 3. The summed E-state index contributed by atoms with van der Waals surface area (Å²) < 4.78 is 38.0. The molecule has 12 nitrogen and oxygen atoms in total. The molecule has 5 aliphatic carbocycles. The first-order valence-corrected chi connectivity index (χ1v) is 16.4. The van der Waals surface area contributed by atoms with Gasteiger partial charge in [0, 0.05) is 75.7 Å². The first-order chi connectivity index (χ1) is 22.0. The van der Waals surface area contributed by atoms with E-state index in [9.17, 15) is 24.6 Å². The lowest BCUT2D eigenvalue weighted by atomic mass is 9.42. The Morgan fingerprint density at radius 1 is 1.00 bits per heavy atom. The van der Waals surface area contributed by atoms with Gasteiger partial charge in [0.05, 0.1) is 24.4 Å². The molecule has 7 fully saturated rings. The van der Waals surface area contributed by atoms with Crippen molar-refractivity contribution in [3.8, 4) is 0 Å². The third-order valence-corrected chi connectivity index (χ3v) is 13.3. The van der Waals surface area contributed by atoms with Crippen molar-refractivity contribution in [2.45, 2.75) is 87.5 Å². The fourth-order valence-corrected chi connectivity index (χ4v) is 12.6. The Morgan fingerprint density at radius 3 is 2.37 bits per heavy atom. The van der Waals surface area contributed by atoms with Gasteiger partial charge in [-0.3, -0.25) is 14.5 Å². The molecule has 2 aliphatic heterocycles. The summed E-state index contributed by atoms with van der Waals surface area (Å²) in [6.07, 6.45) is -4.75. The van der Waals surface area contributed by atoms with Gasteiger partial charge >= 0.3 is 17.9 Å². The van der Waals surface area contributed by atoms with Crippen molar-refractivity contribution in [1.82, 2.24) is 4.90 Å². The van der Waals surface area contributed by atoms with Crippen molar-refractivity contribution in [2.75, 3.05) is 33.9 Å². The third-order valence-electron chi connectivity index (χ3n) is 13.3. The van der Waals surface area contributed by atoms with Crippen LogP contribution in [-0.2, 0) is 38.0 Å². The highest BCUT2D eigenvalue weighted by Gasteiger charge is 2.93. The van der Waals surface area contributed by atoms with Gasteiger partial charge in [0.2, 0.25) is 0 Å². The van der Waals surface area contributed by atoms with Gasteiger partial charge in [0.25, 0.3) is 0 Å². The van der Waals surface area contributed by atoms with E-state index in [0.29, 0.717) is 31.7 Å².